The molecule has 0 spiro atoms. The minimum atomic E-state index is -0.131. The number of aliphatic hydroxyl groups is 1. The zero-order valence-electron chi connectivity index (χ0n) is 10.6. The van der Waals surface area contributed by atoms with E-state index >= 15 is 0 Å². The summed E-state index contributed by atoms with van der Waals surface area (Å²) in [5, 5.41) is 14.7. The minimum Gasteiger partial charge on any atom is -0.461 e. The molecule has 0 aliphatic carbocycles. The third-order valence-electron chi connectivity index (χ3n) is 1.83. The van der Waals surface area contributed by atoms with Crippen LogP contribution in [0.15, 0.2) is 0 Å². The Kier molecular flexibility index (Phi) is 4.89. The quantitative estimate of drug-likeness (QED) is 0.667. The van der Waals surface area contributed by atoms with Crippen LogP contribution in [0.25, 0.3) is 0 Å². The number of aromatic nitrogens is 3. The van der Waals surface area contributed by atoms with Crippen LogP contribution in [0.1, 0.15) is 20.8 Å². The molecule has 1 rings (SSSR count). The number of hydrogen-bond acceptors (Lipinski definition) is 7. The smallest absolute Gasteiger partial charge is 0.323 e. The molecule has 1 heterocycles. The number of anilines is 2. The SMILES string of the molecule is CNc1nc(NC(C)CO)nc(OC(C)C)n1. The lowest BCUT2D eigenvalue weighted by atomic mass is 10.4. The first kappa shape index (κ1) is 13.4. The summed E-state index contributed by atoms with van der Waals surface area (Å²) in [6.07, 6.45) is -0.00905. The van der Waals surface area contributed by atoms with Crippen LogP contribution in [0, 0.1) is 0 Å². The number of nitrogens with zero attached hydrogens (tertiary/aromatic N) is 3. The van der Waals surface area contributed by atoms with Gasteiger partial charge in [-0.3, -0.25) is 0 Å². The van der Waals surface area contributed by atoms with E-state index in [0.29, 0.717) is 11.9 Å². The van der Waals surface area contributed by atoms with Gasteiger partial charge in [0.1, 0.15) is 0 Å². The highest BCUT2D eigenvalue weighted by Crippen LogP contribution is 2.12. The maximum absolute atomic E-state index is 8.96. The number of hydrogen-bond donors (Lipinski definition) is 3. The first-order valence-electron chi connectivity index (χ1n) is 5.53. The molecule has 0 aromatic carbocycles. The molecular weight excluding hydrogens is 222 g/mol. The Bertz CT molecular complexity index is 359. The summed E-state index contributed by atoms with van der Waals surface area (Å²) in [6, 6.07) is 0.126. The average molecular weight is 241 g/mol. The second-order valence-corrected chi connectivity index (χ2v) is 3.91. The van der Waals surface area contributed by atoms with Gasteiger partial charge >= 0.3 is 6.01 Å². The van der Waals surface area contributed by atoms with Crippen molar-refractivity contribution in [2.45, 2.75) is 32.9 Å². The Morgan fingerprint density at radius 3 is 2.35 bits per heavy atom. The molecule has 0 saturated carbocycles. The van der Waals surface area contributed by atoms with Gasteiger partial charge in [-0.2, -0.15) is 15.0 Å². The van der Waals surface area contributed by atoms with Crippen molar-refractivity contribution < 1.29 is 9.84 Å². The zero-order chi connectivity index (χ0) is 12.8. The normalized spacial score (nSPS) is 12.4. The molecule has 0 bridgehead atoms. The highest BCUT2D eigenvalue weighted by atomic mass is 16.5. The maximum atomic E-state index is 8.96. The van der Waals surface area contributed by atoms with Gasteiger partial charge in [0, 0.05) is 13.1 Å². The fraction of sp³-hybridized carbons (Fsp3) is 0.700. The third kappa shape index (κ3) is 4.39. The van der Waals surface area contributed by atoms with Crippen LogP contribution >= 0.6 is 0 Å². The van der Waals surface area contributed by atoms with Crippen molar-refractivity contribution in [2.24, 2.45) is 0 Å². The van der Waals surface area contributed by atoms with E-state index in [1.165, 1.54) is 0 Å². The van der Waals surface area contributed by atoms with Crippen molar-refractivity contribution in [3.8, 4) is 6.01 Å². The lowest BCUT2D eigenvalue weighted by Crippen LogP contribution is -2.22. The first-order valence-corrected chi connectivity index (χ1v) is 5.53. The van der Waals surface area contributed by atoms with E-state index in [9.17, 15) is 0 Å². The summed E-state index contributed by atoms with van der Waals surface area (Å²) >= 11 is 0. The van der Waals surface area contributed by atoms with Crippen LogP contribution in [0.2, 0.25) is 0 Å². The highest BCUT2D eigenvalue weighted by Gasteiger charge is 2.09. The molecule has 0 saturated heterocycles. The van der Waals surface area contributed by atoms with Crippen LogP contribution < -0.4 is 15.4 Å². The molecule has 7 heteroatoms. The molecular formula is C10H19N5O2. The molecule has 1 unspecified atom stereocenters. The van der Waals surface area contributed by atoms with Crippen LogP contribution in [0.4, 0.5) is 11.9 Å². The predicted octanol–water partition coefficient (Wildman–Crippen LogP) is 0.493. The Hall–Kier alpha value is -1.63. The van der Waals surface area contributed by atoms with E-state index in [2.05, 4.69) is 25.6 Å². The zero-order valence-corrected chi connectivity index (χ0v) is 10.6. The van der Waals surface area contributed by atoms with E-state index in [1.807, 2.05) is 20.8 Å². The van der Waals surface area contributed by atoms with Gasteiger partial charge in [-0.15, -0.1) is 0 Å². The van der Waals surface area contributed by atoms with E-state index in [4.69, 9.17) is 9.84 Å². The van der Waals surface area contributed by atoms with Crippen molar-refractivity contribution >= 4 is 11.9 Å². The van der Waals surface area contributed by atoms with Gasteiger partial charge in [0.25, 0.3) is 0 Å². The molecule has 0 amide bonds. The van der Waals surface area contributed by atoms with Crippen LogP contribution in [0.3, 0.4) is 0 Å². The first-order chi connectivity index (χ1) is 8.05. The van der Waals surface area contributed by atoms with Crippen LogP contribution in [-0.4, -0.2) is 45.9 Å². The predicted molar refractivity (Wildman–Crippen MR) is 65.3 cm³/mol. The fourth-order valence-corrected chi connectivity index (χ4v) is 1.06. The van der Waals surface area contributed by atoms with Gasteiger partial charge in [0.05, 0.1) is 12.7 Å². The Balaban J connectivity index is 2.88. The lowest BCUT2D eigenvalue weighted by molar-refractivity contribution is 0.222. The van der Waals surface area contributed by atoms with Crippen LogP contribution in [-0.2, 0) is 0 Å². The summed E-state index contributed by atoms with van der Waals surface area (Å²) in [4.78, 5) is 12.3. The summed E-state index contributed by atoms with van der Waals surface area (Å²) < 4.78 is 5.41. The van der Waals surface area contributed by atoms with Gasteiger partial charge in [-0.25, -0.2) is 0 Å². The second-order valence-electron chi connectivity index (χ2n) is 3.91. The molecule has 3 N–H and O–H groups in total. The van der Waals surface area contributed by atoms with Crippen LogP contribution in [0.5, 0.6) is 6.01 Å². The standard InChI is InChI=1S/C10H19N5O2/c1-6(2)17-10-14-8(11-4)13-9(15-10)12-7(3)5-16/h6-7,16H,5H2,1-4H3,(H2,11,12,13,14,15). The lowest BCUT2D eigenvalue weighted by Gasteiger charge is -2.13. The molecule has 96 valence electrons. The van der Waals surface area contributed by atoms with Gasteiger partial charge in [-0.1, -0.05) is 0 Å². The van der Waals surface area contributed by atoms with Crippen molar-refractivity contribution in [2.75, 3.05) is 24.3 Å². The number of rotatable bonds is 6. The van der Waals surface area contributed by atoms with Crippen molar-refractivity contribution in [3.63, 3.8) is 0 Å². The largest absolute Gasteiger partial charge is 0.461 e. The number of ether oxygens (including phenoxy) is 1. The fourth-order valence-electron chi connectivity index (χ4n) is 1.06. The molecule has 1 atom stereocenters. The molecule has 1 aromatic rings. The molecule has 1 aromatic heterocycles. The molecule has 17 heavy (non-hydrogen) atoms. The second kappa shape index (κ2) is 6.19. The molecule has 7 nitrogen and oxygen atoms in total. The molecule has 0 aliphatic rings. The average Bonchev–Trinajstić information content (AvgIpc) is 2.27. The Morgan fingerprint density at radius 1 is 1.18 bits per heavy atom. The summed E-state index contributed by atoms with van der Waals surface area (Å²) in [5.74, 6) is 0.796. The van der Waals surface area contributed by atoms with Gasteiger partial charge in [0.2, 0.25) is 11.9 Å². The monoisotopic (exact) mass is 241 g/mol. The highest BCUT2D eigenvalue weighted by molar-refractivity contribution is 5.35. The summed E-state index contributed by atoms with van der Waals surface area (Å²) in [7, 11) is 1.72. The maximum Gasteiger partial charge on any atom is 0.323 e. The van der Waals surface area contributed by atoms with E-state index in [0.717, 1.165) is 0 Å². The topological polar surface area (TPSA) is 92.2 Å². The van der Waals surface area contributed by atoms with Crippen molar-refractivity contribution in [1.29, 1.82) is 0 Å². The Morgan fingerprint density at radius 2 is 1.82 bits per heavy atom. The molecule has 0 radical (unpaired) electrons. The number of nitrogens with one attached hydrogen (secondary N) is 2. The summed E-state index contributed by atoms with van der Waals surface area (Å²) in [5.41, 5.74) is 0. The van der Waals surface area contributed by atoms with E-state index in [-0.39, 0.29) is 24.8 Å². The van der Waals surface area contributed by atoms with Gasteiger partial charge in [-0.05, 0) is 20.8 Å². The number of aliphatic hydroxyl groups excluding tert-OH is 1. The van der Waals surface area contributed by atoms with Gasteiger partial charge in [0.15, 0.2) is 0 Å². The third-order valence-corrected chi connectivity index (χ3v) is 1.83. The molecule has 0 fully saturated rings. The Labute approximate surface area is 101 Å². The molecule has 0 aliphatic heterocycles. The van der Waals surface area contributed by atoms with E-state index in [1.54, 1.807) is 7.05 Å². The van der Waals surface area contributed by atoms with Crippen molar-refractivity contribution in [1.82, 2.24) is 15.0 Å². The minimum absolute atomic E-state index is 0.000933. The van der Waals surface area contributed by atoms with E-state index < -0.39 is 0 Å². The van der Waals surface area contributed by atoms with Gasteiger partial charge < -0.3 is 20.5 Å². The summed E-state index contributed by atoms with van der Waals surface area (Å²) in [6.45, 7) is 5.62. The van der Waals surface area contributed by atoms with Crippen molar-refractivity contribution in [3.05, 3.63) is 0 Å².